The predicted octanol–water partition coefficient (Wildman–Crippen LogP) is 2.36. The Bertz CT molecular complexity index is 1020. The average Bonchev–Trinajstić information content (AvgIpc) is 3.24. The lowest BCUT2D eigenvalue weighted by molar-refractivity contribution is -0.142. The molecule has 11 heteroatoms. The van der Waals surface area contributed by atoms with Gasteiger partial charge in [-0.15, -0.1) is 0 Å². The number of hydrogen-bond acceptors (Lipinski definition) is 6. The fraction of sp³-hybridized carbons (Fsp3) is 0.444. The number of aryl methyl sites for hydroxylation is 1. The minimum Gasteiger partial charge on any atom is -0.467 e. The number of aromatic nitrogens is 2. The lowest BCUT2D eigenvalue weighted by atomic mass is 10.2. The fourth-order valence-corrected chi connectivity index (χ4v) is 4.36. The van der Waals surface area contributed by atoms with Crippen LogP contribution in [0.25, 0.3) is 5.69 Å². The SMILES string of the molecule is COC(=O)[C@@H]1C[C@@H](S(C)(=O)=O)CN1c1cc(C)nn1-c1ccc(C(F)(F)F)cc1. The summed E-state index contributed by atoms with van der Waals surface area (Å²) in [5, 5.41) is 3.54. The van der Waals surface area contributed by atoms with Gasteiger partial charge in [0.1, 0.15) is 11.9 Å². The van der Waals surface area contributed by atoms with E-state index in [1.807, 2.05) is 0 Å². The molecule has 1 fully saturated rings. The van der Waals surface area contributed by atoms with E-state index >= 15 is 0 Å². The lowest BCUT2D eigenvalue weighted by Gasteiger charge is -2.25. The number of halogens is 3. The largest absolute Gasteiger partial charge is 0.467 e. The first kappa shape index (κ1) is 21.2. The van der Waals surface area contributed by atoms with Crippen molar-refractivity contribution in [3.05, 3.63) is 41.6 Å². The third-order valence-corrected chi connectivity index (χ3v) is 6.44. The Morgan fingerprint density at radius 2 is 1.86 bits per heavy atom. The van der Waals surface area contributed by atoms with Crippen molar-refractivity contribution in [3.63, 3.8) is 0 Å². The Balaban J connectivity index is 2.04. The van der Waals surface area contributed by atoms with Crippen molar-refractivity contribution in [2.75, 3.05) is 24.8 Å². The summed E-state index contributed by atoms with van der Waals surface area (Å²) in [6, 6.07) is 5.24. The summed E-state index contributed by atoms with van der Waals surface area (Å²) in [6.07, 6.45) is -3.30. The van der Waals surface area contributed by atoms with Gasteiger partial charge in [-0.05, 0) is 37.6 Å². The molecular weight excluding hydrogens is 411 g/mol. The van der Waals surface area contributed by atoms with Crippen LogP contribution in [0.1, 0.15) is 17.7 Å². The van der Waals surface area contributed by atoms with E-state index in [9.17, 15) is 26.4 Å². The molecule has 2 atom stereocenters. The zero-order valence-electron chi connectivity index (χ0n) is 16.0. The molecule has 3 rings (SSSR count). The number of anilines is 1. The second kappa shape index (κ2) is 7.36. The number of hydrogen-bond donors (Lipinski definition) is 0. The van der Waals surface area contributed by atoms with Crippen molar-refractivity contribution in [3.8, 4) is 5.69 Å². The molecule has 1 aliphatic heterocycles. The number of sulfone groups is 1. The highest BCUT2D eigenvalue weighted by molar-refractivity contribution is 7.91. The van der Waals surface area contributed by atoms with Crippen LogP contribution in [-0.4, -0.2) is 55.4 Å². The third-order valence-electron chi connectivity index (χ3n) is 4.89. The highest BCUT2D eigenvalue weighted by Crippen LogP contribution is 2.33. The minimum atomic E-state index is -4.46. The number of rotatable bonds is 4. The van der Waals surface area contributed by atoms with Crippen LogP contribution < -0.4 is 4.90 Å². The van der Waals surface area contributed by atoms with Crippen LogP contribution in [0.4, 0.5) is 19.0 Å². The average molecular weight is 431 g/mol. The smallest absolute Gasteiger partial charge is 0.416 e. The van der Waals surface area contributed by atoms with Gasteiger partial charge in [0.05, 0.1) is 29.3 Å². The Kier molecular flexibility index (Phi) is 5.37. The number of ether oxygens (including phenoxy) is 1. The molecule has 0 aliphatic carbocycles. The molecule has 1 aromatic heterocycles. The molecule has 0 amide bonds. The maximum absolute atomic E-state index is 12.8. The summed E-state index contributed by atoms with van der Waals surface area (Å²) in [5.74, 6) is -0.183. The van der Waals surface area contributed by atoms with Crippen molar-refractivity contribution >= 4 is 21.6 Å². The first-order chi connectivity index (χ1) is 13.4. The van der Waals surface area contributed by atoms with Crippen molar-refractivity contribution in [1.29, 1.82) is 0 Å². The van der Waals surface area contributed by atoms with Gasteiger partial charge in [-0.3, -0.25) is 0 Å². The van der Waals surface area contributed by atoms with Crippen LogP contribution in [0.5, 0.6) is 0 Å². The first-order valence-corrected chi connectivity index (χ1v) is 10.6. The van der Waals surface area contributed by atoms with Crippen LogP contribution in [0.2, 0.25) is 0 Å². The van der Waals surface area contributed by atoms with E-state index in [-0.39, 0.29) is 13.0 Å². The van der Waals surface area contributed by atoms with Gasteiger partial charge in [-0.2, -0.15) is 18.3 Å². The molecule has 0 saturated carbocycles. The summed E-state index contributed by atoms with van der Waals surface area (Å²) in [7, 11) is -2.20. The summed E-state index contributed by atoms with van der Waals surface area (Å²) < 4.78 is 68.9. The molecule has 7 nitrogen and oxygen atoms in total. The van der Waals surface area contributed by atoms with Gasteiger partial charge in [0, 0.05) is 18.9 Å². The summed E-state index contributed by atoms with van der Waals surface area (Å²) in [6.45, 7) is 1.74. The molecule has 0 spiro atoms. The number of carbonyl (C=O) groups excluding carboxylic acids is 1. The lowest BCUT2D eigenvalue weighted by Crippen LogP contribution is -2.38. The normalized spacial score (nSPS) is 20.1. The minimum absolute atomic E-state index is 0.0460. The quantitative estimate of drug-likeness (QED) is 0.692. The molecule has 1 saturated heterocycles. The highest BCUT2D eigenvalue weighted by atomic mass is 32.2. The van der Waals surface area contributed by atoms with Crippen LogP contribution >= 0.6 is 0 Å². The maximum atomic E-state index is 12.8. The molecule has 2 heterocycles. The molecule has 1 aromatic carbocycles. The zero-order valence-corrected chi connectivity index (χ0v) is 16.8. The molecule has 2 aromatic rings. The molecule has 0 bridgehead atoms. The van der Waals surface area contributed by atoms with E-state index in [1.54, 1.807) is 17.9 Å². The van der Waals surface area contributed by atoms with Crippen molar-refractivity contribution < 1.29 is 31.1 Å². The number of esters is 1. The summed E-state index contributed by atoms with van der Waals surface area (Å²) in [4.78, 5) is 13.8. The Hall–Kier alpha value is -2.56. The van der Waals surface area contributed by atoms with Crippen LogP contribution in [0.15, 0.2) is 30.3 Å². The molecule has 29 heavy (non-hydrogen) atoms. The van der Waals surface area contributed by atoms with E-state index in [4.69, 9.17) is 4.74 Å². The number of alkyl halides is 3. The fourth-order valence-electron chi connectivity index (χ4n) is 3.39. The van der Waals surface area contributed by atoms with E-state index < -0.39 is 38.8 Å². The van der Waals surface area contributed by atoms with Crippen molar-refractivity contribution in [1.82, 2.24) is 9.78 Å². The van der Waals surface area contributed by atoms with E-state index in [0.29, 0.717) is 17.2 Å². The standard InChI is InChI=1S/C18H20F3N3O4S/c1-11-8-16(23-10-14(29(3,26)27)9-15(23)17(25)28-2)24(22-11)13-6-4-12(5-7-13)18(19,20)21/h4-8,14-15H,9-10H2,1-3H3/t14-,15+/m1/s1. The second-order valence-corrected chi connectivity index (χ2v) is 9.30. The van der Waals surface area contributed by atoms with Gasteiger partial charge in [0.2, 0.25) is 0 Å². The van der Waals surface area contributed by atoms with E-state index in [1.165, 1.54) is 23.9 Å². The number of methoxy groups -OCH3 is 1. The third kappa shape index (κ3) is 4.24. The van der Waals surface area contributed by atoms with Gasteiger partial charge >= 0.3 is 12.1 Å². The number of nitrogens with zero attached hydrogens (tertiary/aromatic N) is 3. The van der Waals surface area contributed by atoms with Crippen LogP contribution in [-0.2, 0) is 25.5 Å². The monoisotopic (exact) mass is 431 g/mol. The molecule has 1 aliphatic rings. The van der Waals surface area contributed by atoms with Gasteiger partial charge in [0.25, 0.3) is 0 Å². The second-order valence-electron chi connectivity index (χ2n) is 6.98. The Morgan fingerprint density at radius 3 is 2.38 bits per heavy atom. The first-order valence-electron chi connectivity index (χ1n) is 8.69. The number of carbonyl (C=O) groups is 1. The molecule has 0 radical (unpaired) electrons. The molecule has 158 valence electrons. The summed E-state index contributed by atoms with van der Waals surface area (Å²) >= 11 is 0. The zero-order chi connectivity index (χ0) is 21.6. The summed E-state index contributed by atoms with van der Waals surface area (Å²) in [5.41, 5.74) is 0.122. The van der Waals surface area contributed by atoms with Gasteiger partial charge in [-0.25, -0.2) is 17.9 Å². The molecule has 0 unspecified atom stereocenters. The predicted molar refractivity (Wildman–Crippen MR) is 99.7 cm³/mol. The van der Waals surface area contributed by atoms with Gasteiger partial charge in [0.15, 0.2) is 9.84 Å². The van der Waals surface area contributed by atoms with E-state index in [2.05, 4.69) is 5.10 Å². The Morgan fingerprint density at radius 1 is 1.24 bits per heavy atom. The Labute approximate surface area is 166 Å². The van der Waals surface area contributed by atoms with E-state index in [0.717, 1.165) is 18.4 Å². The van der Waals surface area contributed by atoms with Gasteiger partial charge < -0.3 is 9.64 Å². The number of benzene rings is 1. The molecule has 0 N–H and O–H groups in total. The van der Waals surface area contributed by atoms with Crippen LogP contribution in [0.3, 0.4) is 0 Å². The van der Waals surface area contributed by atoms with Crippen molar-refractivity contribution in [2.24, 2.45) is 0 Å². The van der Waals surface area contributed by atoms with Crippen molar-refractivity contribution in [2.45, 2.75) is 30.8 Å². The highest BCUT2D eigenvalue weighted by Gasteiger charge is 2.43. The van der Waals surface area contributed by atoms with Crippen LogP contribution in [0, 0.1) is 6.92 Å². The maximum Gasteiger partial charge on any atom is 0.416 e. The topological polar surface area (TPSA) is 81.5 Å². The molecular formula is C18H20F3N3O4S. The van der Waals surface area contributed by atoms with Gasteiger partial charge in [-0.1, -0.05) is 0 Å².